The van der Waals surface area contributed by atoms with E-state index in [1.807, 2.05) is 36.0 Å². The van der Waals surface area contributed by atoms with Crippen LogP contribution < -0.4 is 0 Å². The second kappa shape index (κ2) is 11.2. The first-order valence-corrected chi connectivity index (χ1v) is 12.9. The van der Waals surface area contributed by atoms with Gasteiger partial charge in [-0.2, -0.15) is 0 Å². The molecule has 0 amide bonds. The predicted octanol–water partition coefficient (Wildman–Crippen LogP) is 9.07. The lowest BCUT2D eigenvalue weighted by Crippen LogP contribution is -2.26. The number of rotatable bonds is 6. The maximum Gasteiger partial charge on any atom is 0.219 e. The van der Waals surface area contributed by atoms with Gasteiger partial charge in [-0.25, -0.2) is 9.98 Å². The Morgan fingerprint density at radius 2 is 0.857 bits per heavy atom. The van der Waals surface area contributed by atoms with Gasteiger partial charge in [-0.3, -0.25) is 0 Å². The third-order valence-corrected chi connectivity index (χ3v) is 6.51. The summed E-state index contributed by atoms with van der Waals surface area (Å²) in [5.74, 6) is 3.40. The summed E-state index contributed by atoms with van der Waals surface area (Å²) in [6.45, 7) is 25.3. The van der Waals surface area contributed by atoms with Gasteiger partial charge in [0.05, 0.1) is 11.4 Å². The maximum atomic E-state index is 5.10. The summed E-state index contributed by atoms with van der Waals surface area (Å²) in [4.78, 5) is 14.1. The number of hydrogen-bond donors (Lipinski definition) is 0. The summed E-state index contributed by atoms with van der Waals surface area (Å²) in [6.07, 6.45) is 4.01. The maximum absolute atomic E-state index is 5.10. The minimum atomic E-state index is 0.407. The fourth-order valence-electron chi connectivity index (χ4n) is 4.39. The van der Waals surface area contributed by atoms with E-state index in [-0.39, 0.29) is 0 Å². The van der Waals surface area contributed by atoms with Crippen LogP contribution in [-0.2, 0) is 0 Å². The van der Waals surface area contributed by atoms with Crippen molar-refractivity contribution >= 4 is 23.0 Å². The third-order valence-electron chi connectivity index (χ3n) is 6.51. The standard InChI is InChI=1S/C31H42N4/c1-20(2)26-13-11-14-27(21(3)4)30(26)32-24(9)34-17-18-35(19-34)25(10)33-31-28(22(5)6)15-12-16-29(31)23(7)8/h11-18,20-23H,1-10H3. The van der Waals surface area contributed by atoms with E-state index >= 15 is 0 Å². The zero-order valence-corrected chi connectivity index (χ0v) is 23.2. The van der Waals surface area contributed by atoms with Gasteiger partial charge in [0.25, 0.3) is 0 Å². The van der Waals surface area contributed by atoms with Gasteiger partial charge in [0.2, 0.25) is 6.67 Å². The van der Waals surface area contributed by atoms with Gasteiger partial charge in [-0.05, 0) is 59.8 Å². The van der Waals surface area contributed by atoms with Crippen LogP contribution in [0.15, 0.2) is 58.8 Å². The molecule has 0 saturated carbocycles. The molecule has 2 radical (unpaired) electrons. The number of nitrogens with zero attached hydrogens (tertiary/aromatic N) is 4. The molecule has 2 aromatic carbocycles. The molecular weight excluding hydrogens is 428 g/mol. The Morgan fingerprint density at radius 1 is 0.571 bits per heavy atom. The molecule has 4 nitrogen and oxygen atoms in total. The molecule has 0 fully saturated rings. The number of aliphatic imine (C=N–C) groups is 2. The van der Waals surface area contributed by atoms with Crippen molar-refractivity contribution in [2.75, 3.05) is 0 Å². The number of amidine groups is 2. The van der Waals surface area contributed by atoms with E-state index in [1.165, 1.54) is 22.3 Å². The van der Waals surface area contributed by atoms with E-state index < -0.39 is 0 Å². The van der Waals surface area contributed by atoms with Crippen LogP contribution in [0.2, 0.25) is 0 Å². The van der Waals surface area contributed by atoms with Crippen molar-refractivity contribution < 1.29 is 0 Å². The second-order valence-electron chi connectivity index (χ2n) is 10.6. The Morgan fingerprint density at radius 3 is 1.11 bits per heavy atom. The minimum absolute atomic E-state index is 0.407. The van der Waals surface area contributed by atoms with Crippen molar-refractivity contribution in [2.24, 2.45) is 9.98 Å². The molecule has 0 aliphatic carbocycles. The fourth-order valence-corrected chi connectivity index (χ4v) is 4.39. The Balaban J connectivity index is 1.90. The van der Waals surface area contributed by atoms with Crippen molar-refractivity contribution in [1.82, 2.24) is 9.80 Å². The topological polar surface area (TPSA) is 31.2 Å². The highest BCUT2D eigenvalue weighted by molar-refractivity contribution is 5.89. The highest BCUT2D eigenvalue weighted by atomic mass is 15.4. The van der Waals surface area contributed by atoms with Crippen LogP contribution in [0.3, 0.4) is 0 Å². The molecule has 0 spiro atoms. The lowest BCUT2D eigenvalue weighted by Gasteiger charge is -2.22. The largest absolute Gasteiger partial charge is 0.303 e. The normalized spacial score (nSPS) is 15.0. The van der Waals surface area contributed by atoms with Gasteiger partial charge in [-0.15, -0.1) is 0 Å². The first-order chi connectivity index (χ1) is 16.5. The fraction of sp³-hybridized carbons (Fsp3) is 0.452. The molecule has 0 unspecified atom stereocenters. The molecule has 0 saturated heterocycles. The number of benzene rings is 2. The molecule has 0 N–H and O–H groups in total. The van der Waals surface area contributed by atoms with Gasteiger partial charge in [-0.1, -0.05) is 91.8 Å². The monoisotopic (exact) mass is 470 g/mol. The van der Waals surface area contributed by atoms with E-state index in [2.05, 4.69) is 98.5 Å². The van der Waals surface area contributed by atoms with Crippen LogP contribution in [0.25, 0.3) is 0 Å². The van der Waals surface area contributed by atoms with Crippen LogP contribution >= 0.6 is 0 Å². The van der Waals surface area contributed by atoms with Crippen LogP contribution in [-0.4, -0.2) is 21.5 Å². The minimum Gasteiger partial charge on any atom is -0.303 e. The Bertz CT molecular complexity index is 979. The molecule has 4 heteroatoms. The average molecular weight is 471 g/mol. The lowest BCUT2D eigenvalue weighted by atomic mass is 9.93. The number of para-hydroxylation sites is 2. The van der Waals surface area contributed by atoms with Gasteiger partial charge in [0.15, 0.2) is 0 Å². The molecular formula is C31H42N4. The summed E-state index contributed by atoms with van der Waals surface area (Å²) in [7, 11) is 0. The Hall–Kier alpha value is -2.88. The van der Waals surface area contributed by atoms with Crippen LogP contribution in [0.4, 0.5) is 11.4 Å². The first-order valence-electron chi connectivity index (χ1n) is 12.9. The summed E-state index contributed by atoms with van der Waals surface area (Å²) in [5, 5.41) is 0. The zero-order chi connectivity index (χ0) is 25.9. The van der Waals surface area contributed by atoms with Gasteiger partial charge >= 0.3 is 0 Å². The SMILES string of the molecule is CC(=Nc1c(C(C)C)cccc1C(C)C)N1[C]N(C(C)=Nc2c(C(C)C)cccc2C(C)C)C=C1. The van der Waals surface area contributed by atoms with E-state index in [0.29, 0.717) is 23.7 Å². The smallest absolute Gasteiger partial charge is 0.219 e. The van der Waals surface area contributed by atoms with Crippen molar-refractivity contribution in [3.63, 3.8) is 0 Å². The van der Waals surface area contributed by atoms with Crippen molar-refractivity contribution in [3.8, 4) is 0 Å². The van der Waals surface area contributed by atoms with Crippen LogP contribution in [0.5, 0.6) is 0 Å². The summed E-state index contributed by atoms with van der Waals surface area (Å²) < 4.78 is 0. The van der Waals surface area contributed by atoms with E-state index in [4.69, 9.17) is 9.98 Å². The molecule has 35 heavy (non-hydrogen) atoms. The molecule has 1 heterocycles. The highest BCUT2D eigenvalue weighted by Crippen LogP contribution is 2.36. The summed E-state index contributed by atoms with van der Waals surface area (Å²) in [5.41, 5.74) is 7.28. The van der Waals surface area contributed by atoms with E-state index in [0.717, 1.165) is 23.0 Å². The lowest BCUT2D eigenvalue weighted by molar-refractivity contribution is 0.549. The molecule has 0 aromatic heterocycles. The van der Waals surface area contributed by atoms with Gasteiger partial charge in [0.1, 0.15) is 11.7 Å². The molecule has 0 atom stereocenters. The molecule has 0 bridgehead atoms. The number of hydrogen-bond acceptors (Lipinski definition) is 2. The van der Waals surface area contributed by atoms with E-state index in [1.54, 1.807) is 0 Å². The molecule has 3 rings (SSSR count). The molecule has 1 aliphatic heterocycles. The van der Waals surface area contributed by atoms with Gasteiger partial charge in [0, 0.05) is 12.4 Å². The quantitative estimate of drug-likeness (QED) is 0.311. The van der Waals surface area contributed by atoms with Crippen molar-refractivity contribution in [1.29, 1.82) is 0 Å². The first kappa shape index (κ1) is 26.7. The Kier molecular flexibility index (Phi) is 8.58. The molecule has 186 valence electrons. The average Bonchev–Trinajstić information content (AvgIpc) is 3.29. The van der Waals surface area contributed by atoms with Gasteiger partial charge < -0.3 is 9.80 Å². The summed E-state index contributed by atoms with van der Waals surface area (Å²) >= 11 is 0. The molecule has 2 aromatic rings. The van der Waals surface area contributed by atoms with E-state index in [9.17, 15) is 0 Å². The second-order valence-corrected chi connectivity index (χ2v) is 10.6. The predicted molar refractivity (Wildman–Crippen MR) is 151 cm³/mol. The van der Waals surface area contributed by atoms with Crippen molar-refractivity contribution in [3.05, 3.63) is 77.7 Å². The van der Waals surface area contributed by atoms with Crippen LogP contribution in [0, 0.1) is 6.67 Å². The van der Waals surface area contributed by atoms with Crippen LogP contribution in [0.1, 0.15) is 115 Å². The summed E-state index contributed by atoms with van der Waals surface area (Å²) in [6, 6.07) is 13.1. The Labute approximate surface area is 213 Å². The third kappa shape index (κ3) is 6.04. The highest BCUT2D eigenvalue weighted by Gasteiger charge is 2.22. The zero-order valence-electron chi connectivity index (χ0n) is 23.2. The molecule has 1 aliphatic rings. The van der Waals surface area contributed by atoms with Crippen molar-refractivity contribution in [2.45, 2.75) is 92.9 Å².